The summed E-state index contributed by atoms with van der Waals surface area (Å²) in [5.74, 6) is 5.01. The van der Waals surface area contributed by atoms with E-state index in [1.165, 1.54) is 30.1 Å². The summed E-state index contributed by atoms with van der Waals surface area (Å²) in [5, 5.41) is 0. The first-order valence-corrected chi connectivity index (χ1v) is 12.5. The van der Waals surface area contributed by atoms with E-state index in [9.17, 15) is 0 Å². The van der Waals surface area contributed by atoms with Crippen molar-refractivity contribution in [1.82, 2.24) is 0 Å². The van der Waals surface area contributed by atoms with Crippen LogP contribution in [0, 0.1) is 0 Å². The summed E-state index contributed by atoms with van der Waals surface area (Å²) < 4.78 is 2.46. The fourth-order valence-electron chi connectivity index (χ4n) is 0.599. The first-order valence-electron chi connectivity index (χ1n) is 3.66. The Balaban J connectivity index is 0.000000210. The van der Waals surface area contributed by atoms with Crippen LogP contribution >= 0.6 is 66.1 Å². The molecule has 92 valence electrons. The molecule has 0 aromatic rings. The molecule has 2 heterocycles. The van der Waals surface area contributed by atoms with Crippen LogP contribution in [-0.4, -0.2) is 30.1 Å². The maximum atomic E-state index is 4.81. The largest absolute Gasteiger partial charge is 0.289 e. The molecule has 0 amide bonds. The minimum atomic E-state index is -0.106. The van der Waals surface area contributed by atoms with Gasteiger partial charge >= 0.3 is 35.0 Å². The standard InChI is InChI=1S/2C3H4S3.2ClH.Pd/c2*4-3-5-1-2-6-3;;;/h2*1-2H2;2*1H;/q;;;;+2. The van der Waals surface area contributed by atoms with Crippen molar-refractivity contribution < 1.29 is 15.9 Å². The van der Waals surface area contributed by atoms with Crippen molar-refractivity contribution in [3.05, 3.63) is 0 Å². The summed E-state index contributed by atoms with van der Waals surface area (Å²) in [5.41, 5.74) is 0. The Morgan fingerprint density at radius 2 is 1.00 bits per heavy atom. The van der Waals surface area contributed by atoms with E-state index in [-0.39, 0.29) is 15.9 Å². The fourth-order valence-corrected chi connectivity index (χ4v) is 5.39. The molecular formula is C6H10Cl2PdS6+2. The normalized spacial score (nSPS) is 19.3. The maximum Gasteiger partial charge on any atom is 0.289 e. The summed E-state index contributed by atoms with van der Waals surface area (Å²) in [6, 6.07) is 0. The van der Waals surface area contributed by atoms with Gasteiger partial charge in [-0.1, -0.05) is 47.0 Å². The van der Waals surface area contributed by atoms with Crippen LogP contribution in [0.15, 0.2) is 0 Å². The molecule has 2 aliphatic rings. The first-order chi connectivity index (χ1) is 7.20. The van der Waals surface area contributed by atoms with Crippen molar-refractivity contribution >= 4 is 97.6 Å². The van der Waals surface area contributed by atoms with Gasteiger partial charge in [-0.2, -0.15) is 0 Å². The molecule has 0 aliphatic carbocycles. The number of thiol groups is 2. The molecule has 15 heavy (non-hydrogen) atoms. The fraction of sp³-hybridized carbons (Fsp3) is 0.667. The van der Waals surface area contributed by atoms with Crippen LogP contribution in [0.2, 0.25) is 0 Å². The number of halogens is 2. The Labute approximate surface area is 135 Å². The van der Waals surface area contributed by atoms with E-state index < -0.39 is 0 Å². The van der Waals surface area contributed by atoms with E-state index in [1.54, 1.807) is 0 Å². The molecule has 2 saturated heterocycles. The van der Waals surface area contributed by atoms with E-state index >= 15 is 0 Å². The molecule has 0 saturated carbocycles. The number of rotatable bonds is 0. The quantitative estimate of drug-likeness (QED) is 0.240. The van der Waals surface area contributed by atoms with Gasteiger partial charge in [0.05, 0.1) is 0 Å². The predicted octanol–water partition coefficient (Wildman–Crippen LogP) is 3.04. The molecule has 0 radical (unpaired) electrons. The van der Waals surface area contributed by atoms with Gasteiger partial charge in [0.2, 0.25) is 0 Å². The number of hydrogen-bond donors (Lipinski definition) is 0. The molecule has 0 spiro atoms. The van der Waals surface area contributed by atoms with Crippen LogP contribution in [0.4, 0.5) is 0 Å². The number of hydrogen-bond acceptors (Lipinski definition) is 4. The van der Waals surface area contributed by atoms with Crippen LogP contribution in [0.1, 0.15) is 0 Å². The molecule has 0 aromatic carbocycles. The molecule has 2 rings (SSSR count). The Bertz CT molecular complexity index is 166. The minimum absolute atomic E-state index is 0.106. The second-order valence-electron chi connectivity index (χ2n) is 1.97. The average molecular weight is 452 g/mol. The molecule has 0 bridgehead atoms. The SMILES string of the molecule is [Cl][Pd][Cl].[SH+]=C1SCCS1.[SH+]=C1SCCS1. The molecule has 2 fully saturated rings. The maximum absolute atomic E-state index is 4.81. The van der Waals surface area contributed by atoms with Crippen molar-refractivity contribution in [2.75, 3.05) is 23.0 Å². The predicted molar refractivity (Wildman–Crippen MR) is 89.1 cm³/mol. The minimum Gasteiger partial charge on any atom is -0.0571 e. The van der Waals surface area contributed by atoms with Crippen molar-refractivity contribution in [3.63, 3.8) is 0 Å². The van der Waals surface area contributed by atoms with E-state index in [1.807, 2.05) is 47.0 Å². The van der Waals surface area contributed by atoms with Crippen LogP contribution in [0.5, 0.6) is 0 Å². The molecule has 0 unspecified atom stereocenters. The summed E-state index contributed by atoms with van der Waals surface area (Å²) in [7, 11) is 9.63. The van der Waals surface area contributed by atoms with Gasteiger partial charge in [-0.15, -0.1) is 0 Å². The van der Waals surface area contributed by atoms with Crippen LogP contribution in [0.3, 0.4) is 0 Å². The van der Waals surface area contributed by atoms with Crippen molar-refractivity contribution in [2.24, 2.45) is 0 Å². The third-order valence-corrected chi connectivity index (χ3v) is 7.17. The third kappa shape index (κ3) is 13.1. The van der Waals surface area contributed by atoms with E-state index in [2.05, 4.69) is 24.4 Å². The Hall–Kier alpha value is 2.82. The molecule has 0 aromatic heterocycles. The second-order valence-corrected chi connectivity index (χ2v) is 11.4. The molecule has 9 heteroatoms. The Kier molecular flexibility index (Phi) is 15.8. The van der Waals surface area contributed by atoms with Crippen molar-refractivity contribution in [2.45, 2.75) is 0 Å². The molecule has 0 atom stereocenters. The van der Waals surface area contributed by atoms with Gasteiger partial charge in [0.25, 0.3) is 7.06 Å². The zero-order chi connectivity index (χ0) is 11.5. The molecule has 2 aliphatic heterocycles. The van der Waals surface area contributed by atoms with Gasteiger partial charge in [-0.25, -0.2) is 0 Å². The average Bonchev–Trinajstić information content (AvgIpc) is 2.81. The Morgan fingerprint density at radius 3 is 1.07 bits per heavy atom. The smallest absolute Gasteiger partial charge is 0.0571 e. The van der Waals surface area contributed by atoms with E-state index in [0.717, 1.165) is 0 Å². The van der Waals surface area contributed by atoms with E-state index in [0.29, 0.717) is 0 Å². The summed E-state index contributed by atoms with van der Waals surface area (Å²) in [4.78, 5) is 0. The summed E-state index contributed by atoms with van der Waals surface area (Å²) in [6.07, 6.45) is 0. The zero-order valence-electron chi connectivity index (χ0n) is 7.43. The van der Waals surface area contributed by atoms with Gasteiger partial charge in [-0.05, 0) is 0 Å². The van der Waals surface area contributed by atoms with Crippen LogP contribution in [-0.2, 0) is 40.4 Å². The molecule has 0 nitrogen and oxygen atoms in total. The molecular weight excluding hydrogens is 442 g/mol. The third-order valence-electron chi connectivity index (χ3n) is 1.07. The van der Waals surface area contributed by atoms with Gasteiger partial charge in [-0.3, -0.25) is 0 Å². The zero-order valence-corrected chi connectivity index (χ0v) is 15.5. The van der Waals surface area contributed by atoms with Crippen molar-refractivity contribution in [1.29, 1.82) is 0 Å². The monoisotopic (exact) mass is 450 g/mol. The molecule has 0 N–H and O–H groups in total. The summed E-state index contributed by atoms with van der Waals surface area (Å²) >= 11 is 15.5. The first kappa shape index (κ1) is 17.8. The van der Waals surface area contributed by atoms with Crippen molar-refractivity contribution in [3.8, 4) is 0 Å². The Morgan fingerprint density at radius 1 is 0.800 bits per heavy atom. The van der Waals surface area contributed by atoms with E-state index in [4.69, 9.17) is 19.1 Å². The number of thioether (sulfide) groups is 4. The summed E-state index contributed by atoms with van der Waals surface area (Å²) in [6.45, 7) is 0. The second kappa shape index (κ2) is 13.3. The van der Waals surface area contributed by atoms with Gasteiger partial charge in [0.15, 0.2) is 24.4 Å². The van der Waals surface area contributed by atoms with Gasteiger partial charge < -0.3 is 0 Å². The van der Waals surface area contributed by atoms with Crippen LogP contribution < -0.4 is 0 Å². The van der Waals surface area contributed by atoms with Gasteiger partial charge in [0.1, 0.15) is 0 Å². The van der Waals surface area contributed by atoms with Gasteiger partial charge in [0, 0.05) is 23.0 Å². The topological polar surface area (TPSA) is 0 Å². The van der Waals surface area contributed by atoms with Crippen LogP contribution in [0.25, 0.3) is 0 Å².